The van der Waals surface area contributed by atoms with Gasteiger partial charge in [0.05, 0.1) is 5.56 Å². The SMILES string of the molecule is Cc1cc(C(CCC[AsH](c2ccccc2)(c2ccccc2)c2ccccc2)CCC[AsH](c2ccccc2)(c2ccccc2)c2ccccc2)cc2c1OC13Oc4c(cc(C(C)(C)C)cc4C(C)(C)C)C=[N+]1C(C)(C)C[N+]3=C2. The van der Waals surface area contributed by atoms with E-state index < -0.39 is 33.1 Å². The molecule has 1 unspecified atom stereocenters. The van der Waals surface area contributed by atoms with E-state index in [1.54, 1.807) is 0 Å². The fraction of sp³-hybridized carbons (Fsp3) is 0.296. The molecule has 1 atom stereocenters. The number of rotatable bonds is 15. The van der Waals surface area contributed by atoms with E-state index in [1.807, 2.05) is 0 Å². The van der Waals surface area contributed by atoms with E-state index in [1.165, 1.54) is 42.8 Å². The minimum atomic E-state index is -3.21. The number of ether oxygens (including phenoxy) is 2. The van der Waals surface area contributed by atoms with Crippen LogP contribution in [0.25, 0.3) is 0 Å². The average Bonchev–Trinajstić information content (AvgIpc) is 3.78. The van der Waals surface area contributed by atoms with Crippen LogP contribution in [0.3, 0.4) is 0 Å². The Morgan fingerprint density at radius 3 is 1.26 bits per heavy atom. The number of aryl methyl sites for hydroxylation is 1. The molecular formula is C71H80As2N2O2+2. The third-order valence-corrected chi connectivity index (χ3v) is 38.5. The summed E-state index contributed by atoms with van der Waals surface area (Å²) in [5.74, 6) is 2.15. The molecule has 0 bridgehead atoms. The fourth-order valence-electron chi connectivity index (χ4n) is 13.4. The van der Waals surface area contributed by atoms with Crippen molar-refractivity contribution in [2.45, 2.75) is 127 Å². The molecule has 6 heteroatoms. The Labute approximate surface area is 465 Å². The van der Waals surface area contributed by atoms with Gasteiger partial charge in [-0.1, -0.05) is 47.6 Å². The second-order valence-corrected chi connectivity index (χ2v) is 42.0. The molecule has 3 heterocycles. The molecule has 0 radical (unpaired) electrons. The molecule has 1 spiro atoms. The first-order valence-electron chi connectivity index (χ1n) is 28.3. The summed E-state index contributed by atoms with van der Waals surface area (Å²) in [6.07, 6.45) is 9.13. The zero-order valence-corrected chi connectivity index (χ0v) is 51.2. The van der Waals surface area contributed by atoms with Crippen LogP contribution < -0.4 is 35.6 Å². The zero-order valence-electron chi connectivity index (χ0n) is 47.0. The Hall–Kier alpha value is -6.18. The monoisotopic (exact) mass is 1140 g/mol. The van der Waals surface area contributed by atoms with E-state index in [0.29, 0.717) is 5.92 Å². The van der Waals surface area contributed by atoms with Crippen molar-refractivity contribution < 1.29 is 18.6 Å². The van der Waals surface area contributed by atoms with Crippen molar-refractivity contribution in [3.8, 4) is 11.5 Å². The summed E-state index contributed by atoms with van der Waals surface area (Å²) < 4.78 is 28.8. The second-order valence-electron chi connectivity index (χ2n) is 25.0. The van der Waals surface area contributed by atoms with Gasteiger partial charge >= 0.3 is 387 Å². The molecular weight excluding hydrogens is 1060 g/mol. The molecule has 394 valence electrons. The molecule has 8 aromatic carbocycles. The molecule has 0 aliphatic carbocycles. The molecule has 11 rings (SSSR count). The van der Waals surface area contributed by atoms with Gasteiger partial charge in [0, 0.05) is 5.56 Å². The van der Waals surface area contributed by atoms with Gasteiger partial charge in [-0.25, -0.2) is 0 Å². The first kappa shape index (κ1) is 52.9. The van der Waals surface area contributed by atoms with Gasteiger partial charge in [-0.3, -0.25) is 0 Å². The Morgan fingerprint density at radius 1 is 0.481 bits per heavy atom. The predicted molar refractivity (Wildman–Crippen MR) is 330 cm³/mol. The van der Waals surface area contributed by atoms with Crippen molar-refractivity contribution in [3.63, 3.8) is 0 Å². The molecule has 1 saturated heterocycles. The molecule has 3 aliphatic heterocycles. The molecule has 8 aromatic rings. The van der Waals surface area contributed by atoms with Crippen LogP contribution in [0, 0.1) is 6.92 Å². The summed E-state index contributed by atoms with van der Waals surface area (Å²) in [5, 5.41) is 2.33. The Balaban J connectivity index is 1.00. The van der Waals surface area contributed by atoms with Gasteiger partial charge in [0.1, 0.15) is 0 Å². The molecule has 0 amide bonds. The number of fused-ring (bicyclic) bond motifs is 2. The fourth-order valence-corrected chi connectivity index (χ4v) is 33.9. The first-order chi connectivity index (χ1) is 37.0. The summed E-state index contributed by atoms with van der Waals surface area (Å²) in [6.45, 7) is 21.5. The summed E-state index contributed by atoms with van der Waals surface area (Å²) in [4.78, 5) is 0. The van der Waals surface area contributed by atoms with Gasteiger partial charge in [0.25, 0.3) is 0 Å². The topological polar surface area (TPSA) is 24.5 Å². The van der Waals surface area contributed by atoms with Crippen molar-refractivity contribution >= 4 is 65.6 Å². The molecule has 1 fully saturated rings. The maximum atomic E-state index is 7.50. The molecule has 0 aromatic heterocycles. The number of hydrogen-bond donors (Lipinski definition) is 0. The predicted octanol–water partition coefficient (Wildman–Crippen LogP) is 11.8. The van der Waals surface area contributed by atoms with Crippen LogP contribution in [-0.4, -0.2) is 66.8 Å². The van der Waals surface area contributed by atoms with Gasteiger partial charge in [-0.05, 0) is 22.5 Å². The van der Waals surface area contributed by atoms with Gasteiger partial charge < -0.3 is 0 Å². The van der Waals surface area contributed by atoms with Crippen molar-refractivity contribution in [3.05, 3.63) is 240 Å². The average molecular weight is 1140 g/mol. The number of hydrogen-bond acceptors (Lipinski definition) is 2. The van der Waals surface area contributed by atoms with Crippen LogP contribution in [0.2, 0.25) is 10.4 Å². The third-order valence-electron chi connectivity index (χ3n) is 17.3. The molecule has 4 nitrogen and oxygen atoms in total. The molecule has 77 heavy (non-hydrogen) atoms. The van der Waals surface area contributed by atoms with Gasteiger partial charge in [0.2, 0.25) is 0 Å². The van der Waals surface area contributed by atoms with Crippen LogP contribution in [0.4, 0.5) is 0 Å². The van der Waals surface area contributed by atoms with Crippen molar-refractivity contribution in [2.24, 2.45) is 0 Å². The van der Waals surface area contributed by atoms with Gasteiger partial charge in [-0.2, -0.15) is 0 Å². The standard InChI is InChI=1S/C71H80As2N2O2/c1-53-46-55(47-56-50-74-52-70(8,9)75-51-57-48-58(68(2,3)4)49-65(69(5,6)7)67(57)77-71(74,75)76-66(53)56)54(30-28-44-72(59-32-16-10-17-33-59,60-34-18-11-19-35-60)61-36-20-12-21-37-61)31-29-45-73(62-38-22-13-23-39-62,63-40-24-14-25-41-63)64-42-26-15-27-43-64/h10-27,32-43,46-51,54,72-73H,28-31,44-45,52H2,1-9H3/q+2. The van der Waals surface area contributed by atoms with E-state index in [9.17, 15) is 0 Å². The van der Waals surface area contributed by atoms with Crippen molar-refractivity contribution in [2.75, 3.05) is 6.54 Å². The Bertz CT molecular complexity index is 3110. The third kappa shape index (κ3) is 9.82. The van der Waals surface area contributed by atoms with Gasteiger partial charge in [-0.15, -0.1) is 0 Å². The minimum absolute atomic E-state index is 0.0137. The Kier molecular flexibility index (Phi) is 14.3. The van der Waals surface area contributed by atoms with Crippen LogP contribution >= 0.6 is 0 Å². The summed E-state index contributed by atoms with van der Waals surface area (Å²) in [7, 11) is 0. The van der Waals surface area contributed by atoms with E-state index in [-0.39, 0.29) is 16.4 Å². The maximum absolute atomic E-state index is 7.50. The molecule has 0 saturated carbocycles. The van der Waals surface area contributed by atoms with E-state index in [0.717, 1.165) is 70.8 Å². The Morgan fingerprint density at radius 2 is 0.870 bits per heavy atom. The van der Waals surface area contributed by atoms with Crippen molar-refractivity contribution in [1.82, 2.24) is 0 Å². The first-order valence-corrected chi connectivity index (χ1v) is 37.6. The number of benzene rings is 8. The van der Waals surface area contributed by atoms with E-state index in [2.05, 4.69) is 290 Å². The normalized spacial score (nSPS) is 17.5. The summed E-state index contributed by atoms with van der Waals surface area (Å²) in [5.41, 5.74) is 6.90. The van der Waals surface area contributed by atoms with Crippen LogP contribution in [0.1, 0.15) is 120 Å². The summed E-state index contributed by atoms with van der Waals surface area (Å²) in [6, 6.07) is 77.8. The van der Waals surface area contributed by atoms with E-state index in [4.69, 9.17) is 9.47 Å². The second kappa shape index (κ2) is 20.9. The van der Waals surface area contributed by atoms with Crippen molar-refractivity contribution in [1.29, 1.82) is 0 Å². The molecule has 0 N–H and O–H groups in total. The van der Waals surface area contributed by atoms with E-state index >= 15 is 0 Å². The number of nitrogens with zero attached hydrogens (tertiary/aromatic N) is 2. The van der Waals surface area contributed by atoms with Crippen LogP contribution in [0.15, 0.2) is 206 Å². The summed E-state index contributed by atoms with van der Waals surface area (Å²) >= 11 is -6.43. The van der Waals surface area contributed by atoms with Gasteiger partial charge in [0.15, 0.2) is 0 Å². The quantitative estimate of drug-likeness (QED) is 0.0755. The molecule has 3 aliphatic rings. The van der Waals surface area contributed by atoms with Crippen LogP contribution in [-0.2, 0) is 10.8 Å². The zero-order chi connectivity index (χ0) is 53.6. The van der Waals surface area contributed by atoms with Crippen LogP contribution in [0.5, 0.6) is 11.5 Å².